The van der Waals surface area contributed by atoms with Gasteiger partial charge in [0, 0.05) is 12.5 Å². The SMILES string of the molecule is Cc1cccc(C)c1OC[C@@H]1CCCN(C)C1. The smallest absolute Gasteiger partial charge is 0.125 e. The molecule has 0 aliphatic carbocycles. The number of benzene rings is 1. The highest BCUT2D eigenvalue weighted by atomic mass is 16.5. The lowest BCUT2D eigenvalue weighted by Gasteiger charge is -2.29. The van der Waals surface area contributed by atoms with Gasteiger partial charge in [0.05, 0.1) is 6.61 Å². The van der Waals surface area contributed by atoms with Crippen LogP contribution in [0.4, 0.5) is 0 Å². The van der Waals surface area contributed by atoms with E-state index in [0.29, 0.717) is 5.92 Å². The number of para-hydroxylation sites is 1. The fourth-order valence-corrected chi connectivity index (χ4v) is 2.64. The van der Waals surface area contributed by atoms with E-state index in [9.17, 15) is 0 Å². The number of likely N-dealkylation sites (tertiary alicyclic amines) is 1. The second-order valence-electron chi connectivity index (χ2n) is 5.30. The summed E-state index contributed by atoms with van der Waals surface area (Å²) in [7, 11) is 2.20. The highest BCUT2D eigenvalue weighted by Gasteiger charge is 2.18. The summed E-state index contributed by atoms with van der Waals surface area (Å²) >= 11 is 0. The van der Waals surface area contributed by atoms with Crippen molar-refractivity contribution in [3.05, 3.63) is 29.3 Å². The van der Waals surface area contributed by atoms with Gasteiger partial charge in [0.15, 0.2) is 0 Å². The fraction of sp³-hybridized carbons (Fsp3) is 0.600. The van der Waals surface area contributed by atoms with E-state index in [2.05, 4.69) is 44.0 Å². The Balaban J connectivity index is 1.93. The second-order valence-corrected chi connectivity index (χ2v) is 5.30. The number of nitrogens with zero attached hydrogens (tertiary/aromatic N) is 1. The van der Waals surface area contributed by atoms with Crippen molar-refractivity contribution in [2.75, 3.05) is 26.7 Å². The van der Waals surface area contributed by atoms with Crippen molar-refractivity contribution < 1.29 is 4.74 Å². The highest BCUT2D eigenvalue weighted by Crippen LogP contribution is 2.24. The van der Waals surface area contributed by atoms with Gasteiger partial charge < -0.3 is 9.64 Å². The molecule has 2 nitrogen and oxygen atoms in total. The summed E-state index contributed by atoms with van der Waals surface area (Å²) in [5, 5.41) is 0. The molecule has 1 aromatic carbocycles. The third-order valence-corrected chi connectivity index (χ3v) is 3.59. The molecule has 2 rings (SSSR count). The van der Waals surface area contributed by atoms with Gasteiger partial charge in [-0.1, -0.05) is 18.2 Å². The van der Waals surface area contributed by atoms with Gasteiger partial charge in [0.2, 0.25) is 0 Å². The first-order valence-corrected chi connectivity index (χ1v) is 6.54. The summed E-state index contributed by atoms with van der Waals surface area (Å²) in [4.78, 5) is 2.40. The van der Waals surface area contributed by atoms with Crippen molar-refractivity contribution >= 4 is 0 Å². The van der Waals surface area contributed by atoms with E-state index >= 15 is 0 Å². The maximum absolute atomic E-state index is 6.03. The van der Waals surface area contributed by atoms with Crippen molar-refractivity contribution in [3.8, 4) is 5.75 Å². The summed E-state index contributed by atoms with van der Waals surface area (Å²) in [5.74, 6) is 1.77. The molecular formula is C15H23NO. The molecule has 0 spiro atoms. The molecule has 1 atom stereocenters. The van der Waals surface area contributed by atoms with E-state index in [1.54, 1.807) is 0 Å². The third-order valence-electron chi connectivity index (χ3n) is 3.59. The molecule has 0 radical (unpaired) electrons. The Labute approximate surface area is 105 Å². The van der Waals surface area contributed by atoms with E-state index in [1.807, 2.05) is 0 Å². The van der Waals surface area contributed by atoms with Crippen LogP contribution in [0.25, 0.3) is 0 Å². The second kappa shape index (κ2) is 5.54. The Morgan fingerprint density at radius 3 is 2.65 bits per heavy atom. The van der Waals surface area contributed by atoms with Gasteiger partial charge in [-0.2, -0.15) is 0 Å². The van der Waals surface area contributed by atoms with Crippen molar-refractivity contribution in [2.24, 2.45) is 5.92 Å². The zero-order valence-corrected chi connectivity index (χ0v) is 11.2. The van der Waals surface area contributed by atoms with Gasteiger partial charge in [-0.05, 0) is 51.4 Å². The Kier molecular flexibility index (Phi) is 4.06. The normalized spacial score (nSPS) is 21.5. The average Bonchev–Trinajstić information content (AvgIpc) is 2.28. The van der Waals surface area contributed by atoms with Crippen molar-refractivity contribution in [2.45, 2.75) is 26.7 Å². The molecule has 17 heavy (non-hydrogen) atoms. The first-order chi connectivity index (χ1) is 8.16. The number of aryl methyl sites for hydroxylation is 2. The largest absolute Gasteiger partial charge is 0.493 e. The van der Waals surface area contributed by atoms with Crippen LogP contribution >= 0.6 is 0 Å². The summed E-state index contributed by atoms with van der Waals surface area (Å²) in [6.07, 6.45) is 2.60. The third kappa shape index (κ3) is 3.22. The van der Waals surface area contributed by atoms with Gasteiger partial charge in [0.1, 0.15) is 5.75 Å². The number of rotatable bonds is 3. The topological polar surface area (TPSA) is 12.5 Å². The maximum Gasteiger partial charge on any atom is 0.125 e. The van der Waals surface area contributed by atoms with Crippen LogP contribution in [0.3, 0.4) is 0 Å². The minimum atomic E-state index is 0.688. The fourth-order valence-electron chi connectivity index (χ4n) is 2.64. The first kappa shape index (κ1) is 12.4. The van der Waals surface area contributed by atoms with Crippen LogP contribution in [-0.4, -0.2) is 31.6 Å². The molecule has 0 unspecified atom stereocenters. The molecule has 1 aromatic rings. The molecule has 1 saturated heterocycles. The molecule has 0 amide bonds. The Morgan fingerprint density at radius 2 is 2.00 bits per heavy atom. The highest BCUT2D eigenvalue weighted by molar-refractivity contribution is 5.39. The summed E-state index contributed by atoms with van der Waals surface area (Å²) in [6.45, 7) is 7.51. The van der Waals surface area contributed by atoms with Crippen LogP contribution in [0.1, 0.15) is 24.0 Å². The molecule has 0 N–H and O–H groups in total. The van der Waals surface area contributed by atoms with Crippen molar-refractivity contribution in [3.63, 3.8) is 0 Å². The lowest BCUT2D eigenvalue weighted by Crippen LogP contribution is -2.34. The standard InChI is InChI=1S/C15H23NO/c1-12-6-4-7-13(2)15(12)17-11-14-8-5-9-16(3)10-14/h4,6-7,14H,5,8-11H2,1-3H3/t14-/m1/s1. The predicted octanol–water partition coefficient (Wildman–Crippen LogP) is 3.02. The molecule has 94 valence electrons. The molecule has 1 heterocycles. The zero-order valence-electron chi connectivity index (χ0n) is 11.2. The van der Waals surface area contributed by atoms with E-state index in [-0.39, 0.29) is 0 Å². The van der Waals surface area contributed by atoms with Gasteiger partial charge in [-0.15, -0.1) is 0 Å². The number of hydrogen-bond acceptors (Lipinski definition) is 2. The quantitative estimate of drug-likeness (QED) is 0.795. The minimum absolute atomic E-state index is 0.688. The Morgan fingerprint density at radius 1 is 1.29 bits per heavy atom. The molecule has 0 aromatic heterocycles. The van der Waals surface area contributed by atoms with Crippen molar-refractivity contribution in [1.82, 2.24) is 4.90 Å². The monoisotopic (exact) mass is 233 g/mol. The number of hydrogen-bond donors (Lipinski definition) is 0. The number of ether oxygens (including phenoxy) is 1. The van der Waals surface area contributed by atoms with Crippen LogP contribution in [0.5, 0.6) is 5.75 Å². The lowest BCUT2D eigenvalue weighted by atomic mass is 9.99. The van der Waals surface area contributed by atoms with E-state index < -0.39 is 0 Å². The van der Waals surface area contributed by atoms with Crippen molar-refractivity contribution in [1.29, 1.82) is 0 Å². The van der Waals surface area contributed by atoms with Gasteiger partial charge in [0.25, 0.3) is 0 Å². The minimum Gasteiger partial charge on any atom is -0.493 e. The summed E-state index contributed by atoms with van der Waals surface area (Å²) < 4.78 is 6.03. The summed E-state index contributed by atoms with van der Waals surface area (Å²) in [5.41, 5.74) is 2.49. The molecule has 1 fully saturated rings. The molecule has 1 aliphatic rings. The van der Waals surface area contributed by atoms with Gasteiger partial charge in [-0.25, -0.2) is 0 Å². The maximum atomic E-state index is 6.03. The first-order valence-electron chi connectivity index (χ1n) is 6.54. The van der Waals surface area contributed by atoms with Crippen LogP contribution in [0, 0.1) is 19.8 Å². The zero-order chi connectivity index (χ0) is 12.3. The van der Waals surface area contributed by atoms with Crippen LogP contribution in [0.15, 0.2) is 18.2 Å². The number of piperidine rings is 1. The van der Waals surface area contributed by atoms with E-state index in [0.717, 1.165) is 12.4 Å². The molecule has 0 bridgehead atoms. The van der Waals surface area contributed by atoms with E-state index in [4.69, 9.17) is 4.74 Å². The lowest BCUT2D eigenvalue weighted by molar-refractivity contribution is 0.149. The van der Waals surface area contributed by atoms with Crippen LogP contribution in [-0.2, 0) is 0 Å². The Hall–Kier alpha value is -1.02. The van der Waals surface area contributed by atoms with E-state index in [1.165, 1.54) is 37.1 Å². The van der Waals surface area contributed by atoms with Crippen LogP contribution < -0.4 is 4.74 Å². The molecule has 2 heteroatoms. The summed E-state index contributed by atoms with van der Waals surface area (Å²) in [6, 6.07) is 6.33. The average molecular weight is 233 g/mol. The van der Waals surface area contributed by atoms with Gasteiger partial charge in [-0.3, -0.25) is 0 Å². The Bertz CT molecular complexity index is 355. The van der Waals surface area contributed by atoms with Gasteiger partial charge >= 0.3 is 0 Å². The molecule has 1 aliphatic heterocycles. The predicted molar refractivity (Wildman–Crippen MR) is 71.6 cm³/mol. The van der Waals surface area contributed by atoms with Crippen LogP contribution in [0.2, 0.25) is 0 Å². The molecule has 0 saturated carbocycles. The molecular weight excluding hydrogens is 210 g/mol.